The highest BCUT2D eigenvalue weighted by atomic mass is 35.5. The highest BCUT2D eigenvalue weighted by Crippen LogP contribution is 2.43. The second kappa shape index (κ2) is 10.8. The van der Waals surface area contributed by atoms with Gasteiger partial charge >= 0.3 is 6.18 Å². The molecule has 2 N–H and O–H groups in total. The Bertz CT molecular complexity index is 1270. The van der Waals surface area contributed by atoms with Crippen molar-refractivity contribution in [1.82, 2.24) is 9.88 Å². The van der Waals surface area contributed by atoms with Crippen LogP contribution in [0.15, 0.2) is 78.9 Å². The molecule has 4 rings (SSSR count). The van der Waals surface area contributed by atoms with Crippen molar-refractivity contribution in [3.63, 3.8) is 0 Å². The van der Waals surface area contributed by atoms with Crippen molar-refractivity contribution in [1.29, 1.82) is 0 Å². The maximum Gasteiger partial charge on any atom is 0.397 e. The van der Waals surface area contributed by atoms with Gasteiger partial charge in [-0.3, -0.25) is 4.79 Å². The van der Waals surface area contributed by atoms with Gasteiger partial charge in [0, 0.05) is 16.3 Å². The molecular weight excluding hydrogens is 487 g/mol. The van der Waals surface area contributed by atoms with Crippen LogP contribution in [0, 0.1) is 5.92 Å². The summed E-state index contributed by atoms with van der Waals surface area (Å²) in [7, 11) is 4.02. The molecule has 2 aromatic carbocycles. The zero-order chi connectivity index (χ0) is 25.9. The maximum absolute atomic E-state index is 14.0. The predicted octanol–water partition coefficient (Wildman–Crippen LogP) is 5.33. The fraction of sp³-hybridized carbons (Fsp3) is 0.250. The molecule has 4 nitrogen and oxygen atoms in total. The lowest BCUT2D eigenvalue weighted by Crippen LogP contribution is -3.06. The molecule has 1 aliphatic carbocycles. The summed E-state index contributed by atoms with van der Waals surface area (Å²) in [6.45, 7) is 1.35. The summed E-state index contributed by atoms with van der Waals surface area (Å²) in [5.74, 6) is -1.82. The molecule has 0 unspecified atom stereocenters. The molecule has 8 heteroatoms. The largest absolute Gasteiger partial charge is 0.397 e. The van der Waals surface area contributed by atoms with E-state index in [1.807, 2.05) is 26.2 Å². The Morgan fingerprint density at radius 3 is 2.14 bits per heavy atom. The van der Waals surface area contributed by atoms with Crippen molar-refractivity contribution in [3.05, 3.63) is 89.5 Å². The van der Waals surface area contributed by atoms with Crippen molar-refractivity contribution in [2.24, 2.45) is 5.92 Å². The Labute approximate surface area is 213 Å². The number of hydrogen-bond acceptors (Lipinski definition) is 1. The normalized spacial score (nSPS) is 15.8. The summed E-state index contributed by atoms with van der Waals surface area (Å²) in [6, 6.07) is 17.6. The second-order valence-corrected chi connectivity index (χ2v) is 9.52. The first-order valence-electron chi connectivity index (χ1n) is 11.7. The van der Waals surface area contributed by atoms with Gasteiger partial charge in [-0.1, -0.05) is 48.0 Å². The summed E-state index contributed by atoms with van der Waals surface area (Å²) >= 11 is 6.05. The Morgan fingerprint density at radius 2 is 1.58 bits per heavy atom. The fourth-order valence-electron chi connectivity index (χ4n) is 4.26. The minimum absolute atomic E-state index is 0.124. The molecule has 36 heavy (non-hydrogen) atoms. The number of benzene rings is 2. The van der Waals surface area contributed by atoms with E-state index in [2.05, 4.69) is 5.32 Å². The van der Waals surface area contributed by atoms with Crippen LogP contribution in [-0.2, 0) is 0 Å². The molecule has 1 heterocycles. The van der Waals surface area contributed by atoms with Gasteiger partial charge in [-0.05, 0) is 60.0 Å². The van der Waals surface area contributed by atoms with Gasteiger partial charge in [0.2, 0.25) is 0 Å². The SMILES string of the molecule is C[NH+](C)CCNC(=O)c1ccc(-c2ccc(-c3ccc(Cl)cc3)n2C2=CC=CC[C@H]2C(F)(F)F)cc1. The highest BCUT2D eigenvalue weighted by molar-refractivity contribution is 6.30. The topological polar surface area (TPSA) is 38.5 Å². The molecule has 0 saturated carbocycles. The van der Waals surface area contributed by atoms with Crippen LogP contribution in [-0.4, -0.2) is 43.8 Å². The number of aromatic nitrogens is 1. The van der Waals surface area contributed by atoms with E-state index in [9.17, 15) is 18.0 Å². The number of allylic oxidation sites excluding steroid dienone is 4. The van der Waals surface area contributed by atoms with Crippen LogP contribution in [0.5, 0.6) is 0 Å². The van der Waals surface area contributed by atoms with Gasteiger partial charge in [0.1, 0.15) is 0 Å². The molecule has 188 valence electrons. The molecule has 0 aliphatic heterocycles. The molecule has 1 amide bonds. The van der Waals surface area contributed by atoms with Crippen molar-refractivity contribution in [2.45, 2.75) is 12.6 Å². The molecule has 1 aromatic heterocycles. The van der Waals surface area contributed by atoms with Crippen molar-refractivity contribution >= 4 is 23.2 Å². The van der Waals surface area contributed by atoms with Crippen LogP contribution >= 0.6 is 11.6 Å². The lowest BCUT2D eigenvalue weighted by Gasteiger charge is -2.28. The number of nitrogens with one attached hydrogen (secondary N) is 2. The average molecular weight is 515 g/mol. The molecule has 0 saturated heterocycles. The number of carbonyl (C=O) groups is 1. The zero-order valence-electron chi connectivity index (χ0n) is 20.1. The van der Waals surface area contributed by atoms with Crippen LogP contribution in [0.1, 0.15) is 16.8 Å². The van der Waals surface area contributed by atoms with E-state index < -0.39 is 12.1 Å². The Morgan fingerprint density at radius 1 is 1.00 bits per heavy atom. The first-order valence-corrected chi connectivity index (χ1v) is 12.1. The summed E-state index contributed by atoms with van der Waals surface area (Å²) in [5.41, 5.74) is 3.35. The minimum atomic E-state index is -4.40. The standard InChI is InChI=1S/C28H27ClF3N3O/c1-34(2)18-17-33-27(36)21-9-7-19(8-10-21)24-15-16-25(20-11-13-22(29)14-12-20)35(24)26-6-4-3-5-23(26)28(30,31)32/h3-4,6-16,23H,5,17-18H2,1-2H3,(H,33,36)/p+1/t23-/m1/s1. The van der Waals surface area contributed by atoms with E-state index in [1.54, 1.807) is 59.2 Å². The lowest BCUT2D eigenvalue weighted by molar-refractivity contribution is -0.856. The summed E-state index contributed by atoms with van der Waals surface area (Å²) < 4.78 is 43.8. The summed E-state index contributed by atoms with van der Waals surface area (Å²) in [5, 5.41) is 3.43. The number of quaternary nitrogens is 1. The monoisotopic (exact) mass is 514 g/mol. The maximum atomic E-state index is 14.0. The van der Waals surface area contributed by atoms with E-state index in [0.717, 1.165) is 12.1 Å². The molecule has 3 aromatic rings. The Balaban J connectivity index is 1.75. The van der Waals surface area contributed by atoms with Gasteiger partial charge in [0.05, 0.1) is 44.5 Å². The Kier molecular flexibility index (Phi) is 7.71. The third-order valence-corrected chi connectivity index (χ3v) is 6.41. The predicted molar refractivity (Wildman–Crippen MR) is 138 cm³/mol. The fourth-order valence-corrected chi connectivity index (χ4v) is 4.38. The first-order chi connectivity index (χ1) is 17.1. The van der Waals surface area contributed by atoms with E-state index in [-0.39, 0.29) is 18.0 Å². The number of likely N-dealkylation sites (N-methyl/N-ethyl adjacent to an activating group) is 1. The van der Waals surface area contributed by atoms with E-state index in [1.165, 1.54) is 17.1 Å². The molecular formula is C28H28ClF3N3O+. The smallest absolute Gasteiger partial charge is 0.346 e. The number of hydrogen-bond donors (Lipinski definition) is 2. The van der Waals surface area contributed by atoms with Crippen LogP contribution in [0.3, 0.4) is 0 Å². The van der Waals surface area contributed by atoms with Gasteiger partial charge < -0.3 is 14.8 Å². The molecule has 1 aliphatic rings. The van der Waals surface area contributed by atoms with Gasteiger partial charge in [0.25, 0.3) is 5.91 Å². The van der Waals surface area contributed by atoms with Crippen molar-refractivity contribution in [3.8, 4) is 22.5 Å². The van der Waals surface area contributed by atoms with Gasteiger partial charge in [-0.2, -0.15) is 13.2 Å². The van der Waals surface area contributed by atoms with Crippen LogP contribution in [0.25, 0.3) is 28.2 Å². The van der Waals surface area contributed by atoms with Gasteiger partial charge in [-0.15, -0.1) is 0 Å². The number of halogens is 4. The molecule has 0 bridgehead atoms. The highest BCUT2D eigenvalue weighted by Gasteiger charge is 2.43. The van der Waals surface area contributed by atoms with Crippen LogP contribution in [0.2, 0.25) is 5.02 Å². The molecule has 0 radical (unpaired) electrons. The number of rotatable bonds is 7. The number of nitrogens with zero attached hydrogens (tertiary/aromatic N) is 1. The van der Waals surface area contributed by atoms with Crippen molar-refractivity contribution in [2.75, 3.05) is 27.2 Å². The Hall–Kier alpha value is -3.29. The quantitative estimate of drug-likeness (QED) is 0.439. The first kappa shape index (κ1) is 25.8. The third-order valence-electron chi connectivity index (χ3n) is 6.16. The molecule has 1 atom stereocenters. The molecule has 0 spiro atoms. The summed E-state index contributed by atoms with van der Waals surface area (Å²) in [4.78, 5) is 13.7. The number of amides is 1. The second-order valence-electron chi connectivity index (χ2n) is 9.09. The van der Waals surface area contributed by atoms with Crippen LogP contribution in [0.4, 0.5) is 13.2 Å². The third kappa shape index (κ3) is 5.74. The van der Waals surface area contributed by atoms with Crippen molar-refractivity contribution < 1.29 is 22.9 Å². The van der Waals surface area contributed by atoms with E-state index in [4.69, 9.17) is 11.6 Å². The zero-order valence-corrected chi connectivity index (χ0v) is 20.8. The van der Waals surface area contributed by atoms with Gasteiger partial charge in [0.15, 0.2) is 0 Å². The van der Waals surface area contributed by atoms with E-state index >= 15 is 0 Å². The average Bonchev–Trinajstić information content (AvgIpc) is 3.29. The van der Waals surface area contributed by atoms with E-state index in [0.29, 0.717) is 34.1 Å². The molecule has 0 fully saturated rings. The van der Waals surface area contributed by atoms with Gasteiger partial charge in [-0.25, -0.2) is 0 Å². The summed E-state index contributed by atoms with van der Waals surface area (Å²) in [6.07, 6.45) is 0.208. The lowest BCUT2D eigenvalue weighted by atomic mass is 9.95. The minimum Gasteiger partial charge on any atom is -0.346 e. The van der Waals surface area contributed by atoms with Crippen LogP contribution < -0.4 is 10.2 Å². The number of alkyl halides is 3. The number of carbonyl (C=O) groups excluding carboxylic acids is 1.